The maximum absolute atomic E-state index is 8.98. The van der Waals surface area contributed by atoms with Gasteiger partial charge >= 0.3 is 0 Å². The van der Waals surface area contributed by atoms with Gasteiger partial charge in [-0.2, -0.15) is 0 Å². The first-order chi connectivity index (χ1) is 5.84. The van der Waals surface area contributed by atoms with Gasteiger partial charge in [0.25, 0.3) is 0 Å². The van der Waals surface area contributed by atoms with Gasteiger partial charge < -0.3 is 14.6 Å². The highest BCUT2D eigenvalue weighted by Gasteiger charge is 2.22. The number of epoxide rings is 1. The van der Waals surface area contributed by atoms with E-state index < -0.39 is 0 Å². The average molecular weight is 166 g/mol. The maximum atomic E-state index is 8.98. The second-order valence-electron chi connectivity index (χ2n) is 2.74. The highest BCUT2D eigenvalue weighted by Crippen LogP contribution is 2.15. The SMILES string of the molecule is Oc1ccc(COC2CO2)cc1. The molecule has 3 nitrogen and oxygen atoms in total. The van der Waals surface area contributed by atoms with Crippen LogP contribution in [0.25, 0.3) is 0 Å². The summed E-state index contributed by atoms with van der Waals surface area (Å²) in [6.45, 7) is 1.25. The lowest BCUT2D eigenvalue weighted by molar-refractivity contribution is 0.0386. The van der Waals surface area contributed by atoms with Crippen LogP contribution in [0.2, 0.25) is 0 Å². The van der Waals surface area contributed by atoms with Gasteiger partial charge in [-0.05, 0) is 17.7 Å². The zero-order valence-corrected chi connectivity index (χ0v) is 6.56. The lowest BCUT2D eigenvalue weighted by Crippen LogP contribution is -1.95. The summed E-state index contributed by atoms with van der Waals surface area (Å²) in [4.78, 5) is 0. The maximum Gasteiger partial charge on any atom is 0.181 e. The van der Waals surface area contributed by atoms with Gasteiger partial charge in [0.05, 0.1) is 6.61 Å². The van der Waals surface area contributed by atoms with Gasteiger partial charge in [-0.15, -0.1) is 0 Å². The average Bonchev–Trinajstić information content (AvgIpc) is 2.87. The number of aromatic hydroxyl groups is 1. The van der Waals surface area contributed by atoms with Crippen molar-refractivity contribution >= 4 is 0 Å². The van der Waals surface area contributed by atoms with Crippen molar-refractivity contribution in [3.63, 3.8) is 0 Å². The van der Waals surface area contributed by atoms with Crippen LogP contribution in [0.1, 0.15) is 5.56 Å². The van der Waals surface area contributed by atoms with Crippen LogP contribution in [0.15, 0.2) is 24.3 Å². The Balaban J connectivity index is 1.89. The van der Waals surface area contributed by atoms with Crippen molar-refractivity contribution in [3.05, 3.63) is 29.8 Å². The third-order valence-electron chi connectivity index (χ3n) is 1.67. The molecule has 1 saturated heterocycles. The van der Waals surface area contributed by atoms with Crippen molar-refractivity contribution in [2.45, 2.75) is 12.9 Å². The lowest BCUT2D eigenvalue weighted by Gasteiger charge is -2.00. The van der Waals surface area contributed by atoms with E-state index in [1.54, 1.807) is 12.1 Å². The van der Waals surface area contributed by atoms with Crippen molar-refractivity contribution in [2.75, 3.05) is 6.61 Å². The van der Waals surface area contributed by atoms with Gasteiger partial charge in [-0.25, -0.2) is 0 Å². The van der Waals surface area contributed by atoms with Crippen molar-refractivity contribution in [3.8, 4) is 5.75 Å². The molecule has 1 heterocycles. The van der Waals surface area contributed by atoms with E-state index in [-0.39, 0.29) is 12.0 Å². The summed E-state index contributed by atoms with van der Waals surface area (Å²) in [7, 11) is 0. The standard InChI is InChI=1S/C9H10O3/c10-8-3-1-7(2-4-8)5-11-9-6-12-9/h1-4,9-10H,5-6H2. The summed E-state index contributed by atoms with van der Waals surface area (Å²) in [5.74, 6) is 0.279. The fourth-order valence-corrected chi connectivity index (χ4v) is 0.917. The van der Waals surface area contributed by atoms with Gasteiger partial charge in [0, 0.05) is 0 Å². The van der Waals surface area contributed by atoms with Gasteiger partial charge in [-0.1, -0.05) is 12.1 Å². The fraction of sp³-hybridized carbons (Fsp3) is 0.333. The molecule has 0 radical (unpaired) electrons. The molecule has 1 N–H and O–H groups in total. The van der Waals surface area contributed by atoms with Gasteiger partial charge in [0.1, 0.15) is 12.4 Å². The Bertz CT molecular complexity index is 251. The van der Waals surface area contributed by atoms with Crippen molar-refractivity contribution < 1.29 is 14.6 Å². The Morgan fingerprint density at radius 3 is 2.67 bits per heavy atom. The molecular formula is C9H10O3. The quantitative estimate of drug-likeness (QED) is 0.687. The fourth-order valence-electron chi connectivity index (χ4n) is 0.917. The largest absolute Gasteiger partial charge is 0.508 e. The number of hydrogen-bond donors (Lipinski definition) is 1. The van der Waals surface area contributed by atoms with E-state index in [4.69, 9.17) is 14.6 Å². The molecule has 12 heavy (non-hydrogen) atoms. The summed E-state index contributed by atoms with van der Waals surface area (Å²) in [5.41, 5.74) is 1.04. The van der Waals surface area contributed by atoms with Crippen LogP contribution in [0.4, 0.5) is 0 Å². The van der Waals surface area contributed by atoms with Crippen molar-refractivity contribution in [2.24, 2.45) is 0 Å². The van der Waals surface area contributed by atoms with Crippen LogP contribution in [0.3, 0.4) is 0 Å². The minimum absolute atomic E-state index is 0.00111. The zero-order chi connectivity index (χ0) is 8.39. The lowest BCUT2D eigenvalue weighted by atomic mass is 10.2. The first-order valence-electron chi connectivity index (χ1n) is 3.86. The van der Waals surface area contributed by atoms with Crippen molar-refractivity contribution in [1.82, 2.24) is 0 Å². The minimum atomic E-state index is -0.00111. The number of benzene rings is 1. The van der Waals surface area contributed by atoms with E-state index in [1.165, 1.54) is 0 Å². The van der Waals surface area contributed by atoms with Gasteiger partial charge in [-0.3, -0.25) is 0 Å². The highest BCUT2D eigenvalue weighted by atomic mass is 16.8. The Hall–Kier alpha value is -1.06. The number of phenolic OH excluding ortho intramolecular Hbond substituents is 1. The van der Waals surface area contributed by atoms with Crippen LogP contribution >= 0.6 is 0 Å². The summed E-state index contributed by atoms with van der Waals surface area (Å²) in [5, 5.41) is 8.98. The van der Waals surface area contributed by atoms with Gasteiger partial charge in [0.15, 0.2) is 6.29 Å². The van der Waals surface area contributed by atoms with Crippen molar-refractivity contribution in [1.29, 1.82) is 0 Å². The third-order valence-corrected chi connectivity index (χ3v) is 1.67. The number of hydrogen-bond acceptors (Lipinski definition) is 3. The molecule has 1 atom stereocenters. The molecule has 1 fully saturated rings. The van der Waals surface area contributed by atoms with E-state index in [0.29, 0.717) is 13.2 Å². The number of rotatable bonds is 3. The first kappa shape index (κ1) is 7.58. The number of phenols is 1. The van der Waals surface area contributed by atoms with Crippen LogP contribution in [-0.2, 0) is 16.1 Å². The molecule has 1 aliphatic rings. The minimum Gasteiger partial charge on any atom is -0.508 e. The van der Waals surface area contributed by atoms with Crippen LogP contribution in [-0.4, -0.2) is 18.0 Å². The topological polar surface area (TPSA) is 42.0 Å². The Morgan fingerprint density at radius 1 is 1.42 bits per heavy atom. The molecule has 2 rings (SSSR count). The molecule has 0 saturated carbocycles. The van der Waals surface area contributed by atoms with Gasteiger partial charge in [0.2, 0.25) is 0 Å². The van der Waals surface area contributed by atoms with Crippen LogP contribution in [0.5, 0.6) is 5.75 Å². The monoisotopic (exact) mass is 166 g/mol. The van der Waals surface area contributed by atoms with E-state index in [1.807, 2.05) is 12.1 Å². The van der Waals surface area contributed by atoms with E-state index in [9.17, 15) is 0 Å². The smallest absolute Gasteiger partial charge is 0.181 e. The van der Waals surface area contributed by atoms with E-state index >= 15 is 0 Å². The second-order valence-corrected chi connectivity index (χ2v) is 2.74. The van der Waals surface area contributed by atoms with Crippen LogP contribution < -0.4 is 0 Å². The normalized spacial score (nSPS) is 20.8. The molecule has 1 aromatic rings. The van der Waals surface area contributed by atoms with E-state index in [2.05, 4.69) is 0 Å². The Kier molecular flexibility index (Phi) is 1.98. The molecule has 0 aromatic heterocycles. The molecule has 1 unspecified atom stereocenters. The molecule has 0 bridgehead atoms. The third kappa shape index (κ3) is 1.96. The molecular weight excluding hydrogens is 156 g/mol. The highest BCUT2D eigenvalue weighted by molar-refractivity contribution is 5.25. The van der Waals surface area contributed by atoms with Crippen LogP contribution in [0, 0.1) is 0 Å². The predicted molar refractivity (Wildman–Crippen MR) is 42.6 cm³/mol. The second kappa shape index (κ2) is 3.13. The molecule has 0 spiro atoms. The Labute approximate surface area is 70.5 Å². The Morgan fingerprint density at radius 2 is 2.08 bits per heavy atom. The summed E-state index contributed by atoms with van der Waals surface area (Å²) >= 11 is 0. The van der Waals surface area contributed by atoms with E-state index in [0.717, 1.165) is 5.56 Å². The predicted octanol–water partition coefficient (Wildman–Crippen LogP) is 1.27. The molecule has 3 heteroatoms. The first-order valence-corrected chi connectivity index (χ1v) is 3.86. The molecule has 1 aliphatic heterocycles. The molecule has 1 aromatic carbocycles. The summed E-state index contributed by atoms with van der Waals surface area (Å²) in [6, 6.07) is 6.95. The molecule has 64 valence electrons. The molecule has 0 amide bonds. The summed E-state index contributed by atoms with van der Waals surface area (Å²) < 4.78 is 10.2. The zero-order valence-electron chi connectivity index (χ0n) is 6.56. The molecule has 0 aliphatic carbocycles. The number of ether oxygens (including phenoxy) is 2. The summed E-state index contributed by atoms with van der Waals surface area (Å²) in [6.07, 6.45) is -0.00111.